The van der Waals surface area contributed by atoms with Crippen LogP contribution in [0, 0.1) is 6.92 Å². The number of nitrogens with one attached hydrogen (secondary N) is 2. The van der Waals surface area contributed by atoms with E-state index in [1.807, 2.05) is 19.1 Å². The molecule has 0 aliphatic carbocycles. The van der Waals surface area contributed by atoms with Gasteiger partial charge in [-0.3, -0.25) is 9.59 Å². The third-order valence-corrected chi connectivity index (χ3v) is 5.23. The molecule has 2 N–H and O–H groups in total. The molecule has 0 fully saturated rings. The lowest BCUT2D eigenvalue weighted by atomic mass is 10.2. The summed E-state index contributed by atoms with van der Waals surface area (Å²) in [6.45, 7) is 3.51. The number of hydrogen-bond donors (Lipinski definition) is 2. The fourth-order valence-electron chi connectivity index (χ4n) is 2.02. The molecular formula is C18H18Cl2N2O2S. The van der Waals surface area contributed by atoms with Crippen molar-refractivity contribution in [2.45, 2.75) is 24.0 Å². The SMILES string of the molecule is Cc1c(Cl)cccc1NC(=O)CNC(=O)C(C)Sc1ccc(Cl)cc1. The molecule has 0 aliphatic rings. The van der Waals surface area contributed by atoms with Crippen LogP contribution >= 0.6 is 35.0 Å². The molecule has 0 heterocycles. The van der Waals surface area contributed by atoms with E-state index < -0.39 is 0 Å². The molecule has 4 nitrogen and oxygen atoms in total. The maximum atomic E-state index is 12.1. The lowest BCUT2D eigenvalue weighted by Gasteiger charge is -2.13. The Hall–Kier alpha value is -1.69. The molecule has 0 saturated heterocycles. The molecule has 0 aliphatic heterocycles. The molecule has 0 saturated carbocycles. The van der Waals surface area contributed by atoms with Gasteiger partial charge < -0.3 is 10.6 Å². The summed E-state index contributed by atoms with van der Waals surface area (Å²) in [4.78, 5) is 25.1. The van der Waals surface area contributed by atoms with Crippen molar-refractivity contribution >= 4 is 52.5 Å². The van der Waals surface area contributed by atoms with Crippen LogP contribution in [0.5, 0.6) is 0 Å². The zero-order valence-corrected chi connectivity index (χ0v) is 16.1. The largest absolute Gasteiger partial charge is 0.346 e. The molecule has 0 spiro atoms. The maximum absolute atomic E-state index is 12.1. The van der Waals surface area contributed by atoms with Crippen LogP contribution in [0.15, 0.2) is 47.4 Å². The minimum atomic E-state index is -0.332. The van der Waals surface area contributed by atoms with Crippen molar-refractivity contribution < 1.29 is 9.59 Å². The lowest BCUT2D eigenvalue weighted by Crippen LogP contribution is -2.37. The quantitative estimate of drug-likeness (QED) is 0.704. The Labute approximate surface area is 161 Å². The minimum absolute atomic E-state index is 0.101. The molecule has 2 aromatic rings. The van der Waals surface area contributed by atoms with Crippen LogP contribution in [-0.2, 0) is 9.59 Å². The van der Waals surface area contributed by atoms with E-state index in [0.29, 0.717) is 15.7 Å². The zero-order valence-electron chi connectivity index (χ0n) is 13.8. The van der Waals surface area contributed by atoms with Crippen molar-refractivity contribution in [2.75, 3.05) is 11.9 Å². The summed E-state index contributed by atoms with van der Waals surface area (Å²) in [7, 11) is 0. The van der Waals surface area contributed by atoms with Crippen LogP contribution < -0.4 is 10.6 Å². The molecule has 25 heavy (non-hydrogen) atoms. The second-order valence-electron chi connectivity index (χ2n) is 5.39. The van der Waals surface area contributed by atoms with E-state index in [0.717, 1.165) is 10.5 Å². The van der Waals surface area contributed by atoms with Gasteiger partial charge in [-0.15, -0.1) is 11.8 Å². The Bertz CT molecular complexity index is 766. The topological polar surface area (TPSA) is 58.2 Å². The molecule has 2 amide bonds. The van der Waals surface area contributed by atoms with Crippen molar-refractivity contribution in [3.63, 3.8) is 0 Å². The van der Waals surface area contributed by atoms with Gasteiger partial charge in [0, 0.05) is 20.6 Å². The summed E-state index contributed by atoms with van der Waals surface area (Å²) < 4.78 is 0. The summed E-state index contributed by atoms with van der Waals surface area (Å²) >= 11 is 13.3. The monoisotopic (exact) mass is 396 g/mol. The van der Waals surface area contributed by atoms with E-state index in [4.69, 9.17) is 23.2 Å². The first-order valence-corrected chi connectivity index (χ1v) is 9.25. The number of halogens is 2. The van der Waals surface area contributed by atoms with Gasteiger partial charge in [0.15, 0.2) is 0 Å². The Morgan fingerprint density at radius 1 is 1.12 bits per heavy atom. The number of carbonyl (C=O) groups is 2. The first-order valence-electron chi connectivity index (χ1n) is 7.61. The third kappa shape index (κ3) is 5.96. The molecule has 0 bridgehead atoms. The summed E-state index contributed by atoms with van der Waals surface area (Å²) in [6, 6.07) is 12.5. The van der Waals surface area contributed by atoms with Gasteiger partial charge in [0.25, 0.3) is 0 Å². The smallest absolute Gasteiger partial charge is 0.243 e. The highest BCUT2D eigenvalue weighted by Gasteiger charge is 2.15. The number of hydrogen-bond acceptors (Lipinski definition) is 3. The van der Waals surface area contributed by atoms with E-state index in [1.165, 1.54) is 11.8 Å². The summed E-state index contributed by atoms with van der Waals surface area (Å²) in [5.41, 5.74) is 1.42. The van der Waals surface area contributed by atoms with Crippen LogP contribution in [0.1, 0.15) is 12.5 Å². The molecule has 0 radical (unpaired) electrons. The summed E-state index contributed by atoms with van der Waals surface area (Å²) in [6.07, 6.45) is 0. The fraction of sp³-hybridized carbons (Fsp3) is 0.222. The van der Waals surface area contributed by atoms with E-state index in [2.05, 4.69) is 10.6 Å². The number of benzene rings is 2. The van der Waals surface area contributed by atoms with Gasteiger partial charge in [-0.05, 0) is 55.8 Å². The van der Waals surface area contributed by atoms with Gasteiger partial charge in [-0.25, -0.2) is 0 Å². The predicted octanol–water partition coefficient (Wildman–Crippen LogP) is 4.54. The highest BCUT2D eigenvalue weighted by Crippen LogP contribution is 2.25. The molecule has 1 atom stereocenters. The minimum Gasteiger partial charge on any atom is -0.346 e. The highest BCUT2D eigenvalue weighted by molar-refractivity contribution is 8.00. The second-order valence-corrected chi connectivity index (χ2v) is 7.65. The molecular weight excluding hydrogens is 379 g/mol. The number of carbonyl (C=O) groups excluding carboxylic acids is 2. The Kier molecular flexibility index (Phi) is 7.17. The van der Waals surface area contributed by atoms with Gasteiger partial charge in [0.1, 0.15) is 0 Å². The van der Waals surface area contributed by atoms with Gasteiger partial charge in [0.05, 0.1) is 11.8 Å². The molecule has 7 heteroatoms. The molecule has 2 aromatic carbocycles. The van der Waals surface area contributed by atoms with Crippen molar-refractivity contribution in [3.05, 3.63) is 58.1 Å². The van der Waals surface area contributed by atoms with Crippen molar-refractivity contribution in [1.29, 1.82) is 0 Å². The Morgan fingerprint density at radius 3 is 2.48 bits per heavy atom. The van der Waals surface area contributed by atoms with Gasteiger partial charge in [-0.1, -0.05) is 29.3 Å². The van der Waals surface area contributed by atoms with Crippen molar-refractivity contribution in [3.8, 4) is 0 Å². The number of amides is 2. The standard InChI is InChI=1S/C18H18Cl2N2O2S/c1-11-15(20)4-3-5-16(11)22-17(23)10-21-18(24)12(2)25-14-8-6-13(19)7-9-14/h3-9,12H,10H2,1-2H3,(H,21,24)(H,22,23). The Balaban J connectivity index is 1.83. The maximum Gasteiger partial charge on any atom is 0.243 e. The molecule has 2 rings (SSSR count). The third-order valence-electron chi connectivity index (χ3n) is 3.46. The summed E-state index contributed by atoms with van der Waals surface area (Å²) in [5.74, 6) is -0.514. The van der Waals surface area contributed by atoms with E-state index in [1.54, 1.807) is 37.3 Å². The normalized spacial score (nSPS) is 11.7. The van der Waals surface area contributed by atoms with E-state index >= 15 is 0 Å². The van der Waals surface area contributed by atoms with E-state index in [-0.39, 0.29) is 23.6 Å². The highest BCUT2D eigenvalue weighted by atomic mass is 35.5. The van der Waals surface area contributed by atoms with Gasteiger partial charge in [0.2, 0.25) is 11.8 Å². The fourth-order valence-corrected chi connectivity index (χ4v) is 3.21. The van der Waals surface area contributed by atoms with Gasteiger partial charge >= 0.3 is 0 Å². The molecule has 132 valence electrons. The van der Waals surface area contributed by atoms with Gasteiger partial charge in [-0.2, -0.15) is 0 Å². The van der Waals surface area contributed by atoms with Crippen LogP contribution in [0.4, 0.5) is 5.69 Å². The zero-order chi connectivity index (χ0) is 18.4. The van der Waals surface area contributed by atoms with Crippen LogP contribution in [0.3, 0.4) is 0 Å². The Morgan fingerprint density at radius 2 is 1.80 bits per heavy atom. The van der Waals surface area contributed by atoms with E-state index in [9.17, 15) is 9.59 Å². The van der Waals surface area contributed by atoms with Crippen molar-refractivity contribution in [2.24, 2.45) is 0 Å². The molecule has 0 aromatic heterocycles. The lowest BCUT2D eigenvalue weighted by molar-refractivity contribution is -0.123. The molecule has 1 unspecified atom stereocenters. The average molecular weight is 397 g/mol. The average Bonchev–Trinajstić information content (AvgIpc) is 2.59. The first-order chi connectivity index (χ1) is 11.9. The van der Waals surface area contributed by atoms with Crippen LogP contribution in [0.25, 0.3) is 0 Å². The second kappa shape index (κ2) is 9.13. The number of thioether (sulfide) groups is 1. The van der Waals surface area contributed by atoms with Crippen LogP contribution in [0.2, 0.25) is 10.0 Å². The van der Waals surface area contributed by atoms with Crippen molar-refractivity contribution in [1.82, 2.24) is 5.32 Å². The number of anilines is 1. The van der Waals surface area contributed by atoms with Crippen LogP contribution in [-0.4, -0.2) is 23.6 Å². The number of rotatable bonds is 6. The first kappa shape index (κ1) is 19.6. The predicted molar refractivity (Wildman–Crippen MR) is 105 cm³/mol. The summed E-state index contributed by atoms with van der Waals surface area (Å²) in [5, 5.41) is 6.27.